The van der Waals surface area contributed by atoms with Gasteiger partial charge in [-0.1, -0.05) is 0 Å². The average Bonchev–Trinajstić information content (AvgIpc) is 2.67. The Bertz CT molecular complexity index is 755. The van der Waals surface area contributed by atoms with E-state index in [1.807, 2.05) is 6.92 Å². The van der Waals surface area contributed by atoms with E-state index in [4.69, 9.17) is 14.2 Å². The summed E-state index contributed by atoms with van der Waals surface area (Å²) >= 11 is 0. The SMILES string of the molecule is CCOc1ccc(C(=O)CCC(=O)Nc2ccc(OC)cc2OC)cc1. The molecule has 2 aromatic rings. The second-order valence-corrected chi connectivity index (χ2v) is 5.49. The highest BCUT2D eigenvalue weighted by Crippen LogP contribution is 2.29. The van der Waals surface area contributed by atoms with Crippen LogP contribution in [0.2, 0.25) is 0 Å². The number of ether oxygens (including phenoxy) is 3. The van der Waals surface area contributed by atoms with Crippen LogP contribution in [0.1, 0.15) is 30.1 Å². The Hall–Kier alpha value is -3.02. The summed E-state index contributed by atoms with van der Waals surface area (Å²) in [5, 5.41) is 2.75. The first-order valence-electron chi connectivity index (χ1n) is 8.35. The van der Waals surface area contributed by atoms with E-state index in [1.165, 1.54) is 7.11 Å². The number of carbonyl (C=O) groups is 2. The lowest BCUT2D eigenvalue weighted by Crippen LogP contribution is -2.14. The number of Topliss-reactive ketones (excluding diaryl/α,β-unsaturated/α-hetero) is 1. The van der Waals surface area contributed by atoms with E-state index in [9.17, 15) is 9.59 Å². The summed E-state index contributed by atoms with van der Waals surface area (Å²) in [6.07, 6.45) is 0.208. The van der Waals surface area contributed by atoms with Crippen LogP contribution in [0.3, 0.4) is 0 Å². The standard InChI is InChI=1S/C20H23NO5/c1-4-26-15-7-5-14(6-8-15)18(22)11-12-20(23)21-17-10-9-16(24-2)13-19(17)25-3/h5-10,13H,4,11-12H2,1-3H3,(H,21,23). The molecule has 0 radical (unpaired) electrons. The summed E-state index contributed by atoms with van der Waals surface area (Å²) in [6.45, 7) is 2.47. The normalized spacial score (nSPS) is 10.1. The molecule has 26 heavy (non-hydrogen) atoms. The van der Waals surface area contributed by atoms with Crippen LogP contribution < -0.4 is 19.5 Å². The second kappa shape index (κ2) is 9.46. The van der Waals surface area contributed by atoms with E-state index in [-0.39, 0.29) is 24.5 Å². The molecule has 0 saturated carbocycles. The highest BCUT2D eigenvalue weighted by molar-refractivity contribution is 6.00. The molecule has 0 saturated heterocycles. The van der Waals surface area contributed by atoms with Gasteiger partial charge in [-0.05, 0) is 43.3 Å². The summed E-state index contributed by atoms with van der Waals surface area (Å²) < 4.78 is 15.7. The maximum atomic E-state index is 12.2. The number of hydrogen-bond acceptors (Lipinski definition) is 5. The van der Waals surface area contributed by atoms with Gasteiger partial charge in [0.05, 0.1) is 26.5 Å². The minimum absolute atomic E-state index is 0.0846. The molecule has 0 bridgehead atoms. The first-order valence-corrected chi connectivity index (χ1v) is 8.35. The van der Waals surface area contributed by atoms with Crippen LogP contribution in [0.5, 0.6) is 17.2 Å². The van der Waals surface area contributed by atoms with Crippen LogP contribution in [0.4, 0.5) is 5.69 Å². The van der Waals surface area contributed by atoms with Crippen LogP contribution in [0.15, 0.2) is 42.5 Å². The molecule has 138 valence electrons. The smallest absolute Gasteiger partial charge is 0.224 e. The topological polar surface area (TPSA) is 73.9 Å². The molecular formula is C20H23NO5. The maximum Gasteiger partial charge on any atom is 0.224 e. The highest BCUT2D eigenvalue weighted by Gasteiger charge is 2.12. The summed E-state index contributed by atoms with van der Waals surface area (Å²) in [7, 11) is 3.07. The molecule has 0 aliphatic heterocycles. The predicted octanol–water partition coefficient (Wildman–Crippen LogP) is 3.70. The van der Waals surface area contributed by atoms with Crippen molar-refractivity contribution in [3.05, 3.63) is 48.0 Å². The van der Waals surface area contributed by atoms with Gasteiger partial charge in [0, 0.05) is 24.5 Å². The second-order valence-electron chi connectivity index (χ2n) is 5.49. The number of benzene rings is 2. The number of anilines is 1. The highest BCUT2D eigenvalue weighted by atomic mass is 16.5. The molecule has 0 spiro atoms. The molecule has 6 heteroatoms. The molecule has 0 heterocycles. The lowest BCUT2D eigenvalue weighted by molar-refractivity contribution is -0.116. The van der Waals surface area contributed by atoms with Crippen LogP contribution in [0, 0.1) is 0 Å². The molecule has 0 aliphatic carbocycles. The zero-order chi connectivity index (χ0) is 18.9. The lowest BCUT2D eigenvalue weighted by atomic mass is 10.1. The molecule has 0 unspecified atom stereocenters. The zero-order valence-electron chi connectivity index (χ0n) is 15.2. The Labute approximate surface area is 153 Å². The third-order valence-electron chi connectivity index (χ3n) is 3.75. The van der Waals surface area contributed by atoms with Crippen molar-refractivity contribution in [3.8, 4) is 17.2 Å². The first kappa shape index (κ1) is 19.3. The van der Waals surface area contributed by atoms with E-state index >= 15 is 0 Å². The van der Waals surface area contributed by atoms with Gasteiger partial charge in [0.15, 0.2) is 5.78 Å². The fourth-order valence-corrected chi connectivity index (χ4v) is 2.39. The Kier molecular flexibility index (Phi) is 7.02. The predicted molar refractivity (Wildman–Crippen MR) is 99.4 cm³/mol. The fraction of sp³-hybridized carbons (Fsp3) is 0.300. The Balaban J connectivity index is 1.91. The van der Waals surface area contributed by atoms with Crippen molar-refractivity contribution in [2.75, 3.05) is 26.1 Å². The molecule has 2 rings (SSSR count). The minimum Gasteiger partial charge on any atom is -0.497 e. The van der Waals surface area contributed by atoms with Crippen molar-refractivity contribution in [1.82, 2.24) is 0 Å². The molecule has 6 nitrogen and oxygen atoms in total. The molecule has 2 aromatic carbocycles. The van der Waals surface area contributed by atoms with Gasteiger partial charge in [0.25, 0.3) is 0 Å². The van der Waals surface area contributed by atoms with Crippen LogP contribution in [0.25, 0.3) is 0 Å². The number of hydrogen-bond donors (Lipinski definition) is 1. The number of amides is 1. The van der Waals surface area contributed by atoms with E-state index in [0.29, 0.717) is 35.1 Å². The summed E-state index contributed by atoms with van der Waals surface area (Å²) in [5.74, 6) is 1.49. The number of nitrogens with one attached hydrogen (secondary N) is 1. The van der Waals surface area contributed by atoms with Crippen molar-refractivity contribution in [2.45, 2.75) is 19.8 Å². The van der Waals surface area contributed by atoms with Crippen molar-refractivity contribution in [3.63, 3.8) is 0 Å². The van der Waals surface area contributed by atoms with Crippen molar-refractivity contribution in [2.24, 2.45) is 0 Å². The monoisotopic (exact) mass is 357 g/mol. The van der Waals surface area contributed by atoms with Crippen LogP contribution >= 0.6 is 0 Å². The Morgan fingerprint density at radius 3 is 2.23 bits per heavy atom. The average molecular weight is 357 g/mol. The third-order valence-corrected chi connectivity index (χ3v) is 3.75. The minimum atomic E-state index is -0.257. The summed E-state index contributed by atoms with van der Waals surface area (Å²) in [4.78, 5) is 24.4. The van der Waals surface area contributed by atoms with E-state index in [1.54, 1.807) is 49.6 Å². The quantitative estimate of drug-likeness (QED) is 0.693. The summed E-state index contributed by atoms with van der Waals surface area (Å²) in [5.41, 5.74) is 1.09. The van der Waals surface area contributed by atoms with Gasteiger partial charge in [-0.3, -0.25) is 9.59 Å². The van der Waals surface area contributed by atoms with E-state index in [2.05, 4.69) is 5.32 Å². The van der Waals surface area contributed by atoms with Gasteiger partial charge in [0.2, 0.25) is 5.91 Å². The molecule has 0 atom stereocenters. The lowest BCUT2D eigenvalue weighted by Gasteiger charge is -2.11. The number of methoxy groups -OCH3 is 2. The Morgan fingerprint density at radius 1 is 0.923 bits per heavy atom. The zero-order valence-corrected chi connectivity index (χ0v) is 15.2. The van der Waals surface area contributed by atoms with Crippen LogP contribution in [-0.4, -0.2) is 32.5 Å². The molecule has 1 N–H and O–H groups in total. The van der Waals surface area contributed by atoms with Crippen LogP contribution in [-0.2, 0) is 4.79 Å². The van der Waals surface area contributed by atoms with Gasteiger partial charge in [0.1, 0.15) is 17.2 Å². The number of carbonyl (C=O) groups excluding carboxylic acids is 2. The van der Waals surface area contributed by atoms with Gasteiger partial charge < -0.3 is 19.5 Å². The third kappa shape index (κ3) is 5.24. The molecule has 0 aliphatic rings. The van der Waals surface area contributed by atoms with Crippen molar-refractivity contribution < 1.29 is 23.8 Å². The van der Waals surface area contributed by atoms with Gasteiger partial charge in [-0.2, -0.15) is 0 Å². The van der Waals surface area contributed by atoms with Crippen molar-refractivity contribution in [1.29, 1.82) is 0 Å². The summed E-state index contributed by atoms with van der Waals surface area (Å²) in [6, 6.07) is 12.0. The number of ketones is 1. The number of rotatable bonds is 9. The molecule has 0 aromatic heterocycles. The first-order chi connectivity index (χ1) is 12.6. The van der Waals surface area contributed by atoms with Crippen molar-refractivity contribution >= 4 is 17.4 Å². The molecule has 0 fully saturated rings. The maximum absolute atomic E-state index is 12.2. The largest absolute Gasteiger partial charge is 0.497 e. The van der Waals surface area contributed by atoms with Gasteiger partial charge in [-0.25, -0.2) is 0 Å². The fourth-order valence-electron chi connectivity index (χ4n) is 2.39. The van der Waals surface area contributed by atoms with E-state index in [0.717, 1.165) is 0 Å². The van der Waals surface area contributed by atoms with Gasteiger partial charge >= 0.3 is 0 Å². The Morgan fingerprint density at radius 2 is 1.62 bits per heavy atom. The van der Waals surface area contributed by atoms with E-state index < -0.39 is 0 Å². The molecular weight excluding hydrogens is 334 g/mol. The molecule has 1 amide bonds. The van der Waals surface area contributed by atoms with Gasteiger partial charge in [-0.15, -0.1) is 0 Å².